The average molecular weight is 334 g/mol. The molecule has 0 bridgehead atoms. The van der Waals surface area contributed by atoms with Crippen molar-refractivity contribution < 1.29 is 14.7 Å². The van der Waals surface area contributed by atoms with Gasteiger partial charge < -0.3 is 10.0 Å². The molecule has 100 valence electrons. The predicted octanol–water partition coefficient (Wildman–Crippen LogP) is 3.23. The van der Waals surface area contributed by atoms with Crippen LogP contribution in [-0.4, -0.2) is 34.5 Å². The lowest BCUT2D eigenvalue weighted by Gasteiger charge is -2.26. The largest absolute Gasteiger partial charge is 0.481 e. The molecule has 18 heavy (non-hydrogen) atoms. The monoisotopic (exact) mass is 333 g/mol. The standard InChI is InChI=1S/C12H16BrNO3S/c1-8(2)14(5-3-4-11(15)16)12(17)9-6-10(13)18-7-9/h6-8H,3-5H2,1-2H3,(H,15,16). The number of amides is 1. The van der Waals surface area contributed by atoms with E-state index in [4.69, 9.17) is 5.11 Å². The molecule has 1 heterocycles. The molecule has 0 spiro atoms. The molecule has 1 N–H and O–H groups in total. The number of hydrogen-bond donors (Lipinski definition) is 1. The number of carbonyl (C=O) groups is 2. The van der Waals surface area contributed by atoms with Crippen molar-refractivity contribution in [1.82, 2.24) is 4.90 Å². The van der Waals surface area contributed by atoms with E-state index in [2.05, 4.69) is 15.9 Å². The lowest BCUT2D eigenvalue weighted by molar-refractivity contribution is -0.137. The first-order chi connectivity index (χ1) is 8.41. The fourth-order valence-corrected chi connectivity index (χ4v) is 2.71. The number of thiophene rings is 1. The minimum Gasteiger partial charge on any atom is -0.481 e. The van der Waals surface area contributed by atoms with Gasteiger partial charge in [-0.25, -0.2) is 0 Å². The van der Waals surface area contributed by atoms with Crippen molar-refractivity contribution in [3.63, 3.8) is 0 Å². The van der Waals surface area contributed by atoms with Gasteiger partial charge in [-0.1, -0.05) is 0 Å². The summed E-state index contributed by atoms with van der Waals surface area (Å²) >= 11 is 4.79. The molecule has 1 rings (SSSR count). The average Bonchev–Trinajstić information content (AvgIpc) is 2.69. The number of rotatable bonds is 6. The number of hydrogen-bond acceptors (Lipinski definition) is 3. The maximum atomic E-state index is 12.2. The van der Waals surface area contributed by atoms with Crippen LogP contribution >= 0.6 is 27.3 Å². The summed E-state index contributed by atoms with van der Waals surface area (Å²) in [5.41, 5.74) is 0.649. The number of aliphatic carboxylic acids is 1. The molecule has 1 amide bonds. The summed E-state index contributed by atoms with van der Waals surface area (Å²) in [5, 5.41) is 10.4. The molecule has 0 unspecified atom stereocenters. The molecule has 0 aliphatic rings. The van der Waals surface area contributed by atoms with E-state index in [-0.39, 0.29) is 18.4 Å². The van der Waals surface area contributed by atoms with Crippen molar-refractivity contribution in [2.24, 2.45) is 0 Å². The number of carbonyl (C=O) groups excluding carboxylic acids is 1. The summed E-state index contributed by atoms with van der Waals surface area (Å²) in [6.07, 6.45) is 0.564. The third kappa shape index (κ3) is 4.42. The minimum absolute atomic E-state index is 0.0441. The Morgan fingerprint density at radius 3 is 2.61 bits per heavy atom. The number of carboxylic acid groups (broad SMARTS) is 1. The van der Waals surface area contributed by atoms with Crippen LogP contribution < -0.4 is 0 Å². The van der Waals surface area contributed by atoms with Gasteiger partial charge in [0.25, 0.3) is 5.91 Å². The molecule has 4 nitrogen and oxygen atoms in total. The van der Waals surface area contributed by atoms with Gasteiger partial charge in [0.05, 0.1) is 9.35 Å². The van der Waals surface area contributed by atoms with Gasteiger partial charge in [0.15, 0.2) is 0 Å². The van der Waals surface area contributed by atoms with Crippen LogP contribution in [0.25, 0.3) is 0 Å². The number of carboxylic acids is 1. The van der Waals surface area contributed by atoms with Gasteiger partial charge in [0.2, 0.25) is 0 Å². The van der Waals surface area contributed by atoms with Crippen molar-refractivity contribution in [3.05, 3.63) is 20.8 Å². The van der Waals surface area contributed by atoms with Crippen LogP contribution in [0.1, 0.15) is 37.0 Å². The van der Waals surface area contributed by atoms with Crippen LogP contribution in [0.15, 0.2) is 15.2 Å². The highest BCUT2D eigenvalue weighted by Crippen LogP contribution is 2.22. The van der Waals surface area contributed by atoms with Gasteiger partial charge in [0.1, 0.15) is 0 Å². The maximum Gasteiger partial charge on any atom is 0.303 e. The Bertz CT molecular complexity index is 431. The highest BCUT2D eigenvalue weighted by molar-refractivity contribution is 9.11. The van der Waals surface area contributed by atoms with Crippen molar-refractivity contribution in [2.75, 3.05) is 6.54 Å². The van der Waals surface area contributed by atoms with E-state index < -0.39 is 5.97 Å². The van der Waals surface area contributed by atoms with Crippen LogP contribution in [0.2, 0.25) is 0 Å². The van der Waals surface area contributed by atoms with Crippen LogP contribution in [0.5, 0.6) is 0 Å². The molecule has 0 aromatic carbocycles. The van der Waals surface area contributed by atoms with E-state index >= 15 is 0 Å². The molecule has 6 heteroatoms. The zero-order valence-corrected chi connectivity index (χ0v) is 12.8. The van der Waals surface area contributed by atoms with Gasteiger partial charge in [-0.3, -0.25) is 9.59 Å². The molecule has 1 aromatic heterocycles. The quantitative estimate of drug-likeness (QED) is 0.869. The van der Waals surface area contributed by atoms with Crippen molar-refractivity contribution in [2.45, 2.75) is 32.7 Å². The van der Waals surface area contributed by atoms with Gasteiger partial charge in [-0.15, -0.1) is 11.3 Å². The highest BCUT2D eigenvalue weighted by Gasteiger charge is 2.19. The molecular weight excluding hydrogens is 318 g/mol. The fourth-order valence-electron chi connectivity index (χ4n) is 1.58. The second-order valence-electron chi connectivity index (χ2n) is 4.23. The smallest absolute Gasteiger partial charge is 0.303 e. The Morgan fingerprint density at radius 2 is 2.17 bits per heavy atom. The van der Waals surface area contributed by atoms with E-state index in [0.29, 0.717) is 18.5 Å². The molecule has 0 aliphatic carbocycles. The molecule has 0 atom stereocenters. The predicted molar refractivity (Wildman–Crippen MR) is 75.1 cm³/mol. The summed E-state index contributed by atoms with van der Waals surface area (Å²) in [6, 6.07) is 1.85. The van der Waals surface area contributed by atoms with E-state index in [1.165, 1.54) is 11.3 Å². The minimum atomic E-state index is -0.829. The van der Waals surface area contributed by atoms with Crippen molar-refractivity contribution >= 4 is 39.1 Å². The molecule has 0 aliphatic heterocycles. The zero-order valence-electron chi connectivity index (χ0n) is 10.4. The highest BCUT2D eigenvalue weighted by atomic mass is 79.9. The maximum absolute atomic E-state index is 12.2. The van der Waals surface area contributed by atoms with Gasteiger partial charge in [0, 0.05) is 24.4 Å². The number of halogens is 1. The molecule has 0 radical (unpaired) electrons. The number of nitrogens with zero attached hydrogens (tertiary/aromatic N) is 1. The third-order valence-corrected chi connectivity index (χ3v) is 3.99. The van der Waals surface area contributed by atoms with Gasteiger partial charge in [-0.2, -0.15) is 0 Å². The topological polar surface area (TPSA) is 57.6 Å². The molecule has 0 saturated heterocycles. The Hall–Kier alpha value is -0.880. The molecule has 0 fully saturated rings. The summed E-state index contributed by atoms with van der Waals surface area (Å²) in [5.74, 6) is -0.873. The van der Waals surface area contributed by atoms with Gasteiger partial charge >= 0.3 is 5.97 Å². The lowest BCUT2D eigenvalue weighted by Crippen LogP contribution is -2.37. The Kier molecular flexibility index (Phi) is 5.81. The third-order valence-electron chi connectivity index (χ3n) is 2.49. The SMILES string of the molecule is CC(C)N(CCCC(=O)O)C(=O)c1csc(Br)c1. The van der Waals surface area contributed by atoms with E-state index in [1.54, 1.807) is 16.3 Å². The van der Waals surface area contributed by atoms with E-state index in [1.807, 2.05) is 13.8 Å². The summed E-state index contributed by atoms with van der Waals surface area (Å²) in [6.45, 7) is 4.33. The van der Waals surface area contributed by atoms with Crippen LogP contribution in [-0.2, 0) is 4.79 Å². The Morgan fingerprint density at radius 1 is 1.50 bits per heavy atom. The normalized spacial score (nSPS) is 10.7. The van der Waals surface area contributed by atoms with E-state index in [0.717, 1.165) is 3.79 Å². The first-order valence-corrected chi connectivity index (χ1v) is 7.36. The summed E-state index contributed by atoms with van der Waals surface area (Å²) < 4.78 is 0.917. The van der Waals surface area contributed by atoms with Crippen LogP contribution in [0, 0.1) is 0 Å². The fraction of sp³-hybridized carbons (Fsp3) is 0.500. The molecular formula is C12H16BrNO3S. The van der Waals surface area contributed by atoms with Crippen molar-refractivity contribution in [1.29, 1.82) is 0 Å². The second-order valence-corrected chi connectivity index (χ2v) is 6.52. The Labute approximate surface area is 119 Å². The summed E-state index contributed by atoms with van der Waals surface area (Å²) in [7, 11) is 0. The van der Waals surface area contributed by atoms with Gasteiger partial charge in [-0.05, 0) is 42.3 Å². The van der Waals surface area contributed by atoms with Crippen LogP contribution in [0.4, 0.5) is 0 Å². The lowest BCUT2D eigenvalue weighted by atomic mass is 10.2. The van der Waals surface area contributed by atoms with Crippen LogP contribution in [0.3, 0.4) is 0 Å². The second kappa shape index (κ2) is 6.89. The molecule has 0 saturated carbocycles. The Balaban J connectivity index is 2.67. The van der Waals surface area contributed by atoms with E-state index in [9.17, 15) is 9.59 Å². The first kappa shape index (κ1) is 15.2. The van der Waals surface area contributed by atoms with Crippen molar-refractivity contribution in [3.8, 4) is 0 Å². The zero-order chi connectivity index (χ0) is 13.7. The first-order valence-electron chi connectivity index (χ1n) is 5.68. The summed E-state index contributed by atoms with van der Waals surface area (Å²) in [4.78, 5) is 24.4. The molecule has 1 aromatic rings.